The first-order valence-electron chi connectivity index (χ1n) is 9.48. The predicted molar refractivity (Wildman–Crippen MR) is 117 cm³/mol. The van der Waals surface area contributed by atoms with Gasteiger partial charge in [-0.3, -0.25) is 0 Å². The van der Waals surface area contributed by atoms with Crippen LogP contribution in [0.4, 0.5) is 0 Å². The Hall–Kier alpha value is -0.876. The molecule has 2 atom stereocenters. The first-order valence-corrected chi connectivity index (χ1v) is 10.5. The molecule has 0 aromatic heterocycles. The van der Waals surface area contributed by atoms with E-state index in [2.05, 4.69) is 92.2 Å². The van der Waals surface area contributed by atoms with Crippen LogP contribution in [0.2, 0.25) is 0 Å². The average Bonchev–Trinajstić information content (AvgIpc) is 3.30. The van der Waals surface area contributed by atoms with Crippen LogP contribution in [0.5, 0.6) is 0 Å². The maximum absolute atomic E-state index is 2.37. The van der Waals surface area contributed by atoms with Crippen molar-refractivity contribution in [3.8, 4) is 0 Å². The zero-order chi connectivity index (χ0) is 17.8. The summed E-state index contributed by atoms with van der Waals surface area (Å²) in [5.74, 6) is 0.884. The molecule has 1 saturated carbocycles. The zero-order valence-corrected chi connectivity index (χ0v) is 20.6. The Labute approximate surface area is 204 Å². The van der Waals surface area contributed by atoms with Gasteiger partial charge in [-0.15, -0.1) is 58.9 Å². The van der Waals surface area contributed by atoms with E-state index in [1.807, 2.05) is 0 Å². The topological polar surface area (TPSA) is 0 Å². The molecule has 0 bridgehead atoms. The maximum Gasteiger partial charge on any atom is 4.00 e. The van der Waals surface area contributed by atoms with Gasteiger partial charge in [-0.1, -0.05) is 45.3 Å². The van der Waals surface area contributed by atoms with Crippen molar-refractivity contribution in [2.45, 2.75) is 26.2 Å². The van der Waals surface area contributed by atoms with Crippen LogP contribution in [0, 0.1) is 19.3 Å². The van der Waals surface area contributed by atoms with Gasteiger partial charge in [-0.05, 0) is 30.1 Å². The molecular formula is C25H25Cl2PTi. The van der Waals surface area contributed by atoms with E-state index in [4.69, 9.17) is 0 Å². The standard InChI is InChI=1S/C16H14P.C9H11.2ClH.Ti/c1-12-6-2-5-9-16(12)17-15-10-13-7-3-4-8-14(13)11-15;1-2-5-9-7-3-6-8(9)4-1;;;/h2-11,17H,1H3;1-2,4,6,9H,3,5,7H2;2*1H;/q2*-1;;;+4/p-2. The summed E-state index contributed by atoms with van der Waals surface area (Å²) >= 11 is 0. The first-order chi connectivity index (χ1) is 12.8. The van der Waals surface area contributed by atoms with Crippen LogP contribution in [0.1, 0.15) is 24.8 Å². The third kappa shape index (κ3) is 6.81. The summed E-state index contributed by atoms with van der Waals surface area (Å²) < 4.78 is 0. The number of hydrogen-bond donors (Lipinski definition) is 0. The number of allylic oxidation sites excluding steroid dienone is 4. The van der Waals surface area contributed by atoms with Crippen LogP contribution in [0.25, 0.3) is 10.8 Å². The van der Waals surface area contributed by atoms with Crippen molar-refractivity contribution in [1.29, 1.82) is 0 Å². The van der Waals surface area contributed by atoms with E-state index >= 15 is 0 Å². The summed E-state index contributed by atoms with van der Waals surface area (Å²) in [4.78, 5) is 0. The van der Waals surface area contributed by atoms with E-state index in [0.717, 1.165) is 14.5 Å². The van der Waals surface area contributed by atoms with Gasteiger partial charge in [-0.2, -0.15) is 6.07 Å². The van der Waals surface area contributed by atoms with E-state index in [9.17, 15) is 0 Å². The van der Waals surface area contributed by atoms with Crippen LogP contribution in [0.3, 0.4) is 0 Å². The summed E-state index contributed by atoms with van der Waals surface area (Å²) in [5.41, 5.74) is 2.97. The zero-order valence-electron chi connectivity index (χ0n) is 16.5. The average molecular weight is 475 g/mol. The molecule has 2 unspecified atom stereocenters. The first kappa shape index (κ1) is 26.2. The van der Waals surface area contributed by atoms with Gasteiger partial charge < -0.3 is 24.8 Å². The molecule has 2 aliphatic carbocycles. The molecule has 0 aliphatic heterocycles. The Balaban J connectivity index is 0.000000302. The van der Waals surface area contributed by atoms with E-state index in [-0.39, 0.29) is 46.5 Å². The van der Waals surface area contributed by atoms with Crippen LogP contribution < -0.4 is 35.4 Å². The number of rotatable bonds is 2. The fraction of sp³-hybridized carbons (Fsp3) is 0.200. The van der Waals surface area contributed by atoms with Gasteiger partial charge in [0.05, 0.1) is 0 Å². The molecule has 0 radical (unpaired) electrons. The van der Waals surface area contributed by atoms with Gasteiger partial charge in [0.25, 0.3) is 0 Å². The fourth-order valence-corrected chi connectivity index (χ4v) is 4.98. The Morgan fingerprint density at radius 2 is 1.76 bits per heavy atom. The van der Waals surface area contributed by atoms with Gasteiger partial charge in [0.15, 0.2) is 0 Å². The van der Waals surface area contributed by atoms with Crippen molar-refractivity contribution in [3.63, 3.8) is 0 Å². The minimum absolute atomic E-state index is 0. The summed E-state index contributed by atoms with van der Waals surface area (Å²) in [7, 11) is 0.759. The van der Waals surface area contributed by atoms with E-state index in [1.54, 1.807) is 5.57 Å². The molecule has 148 valence electrons. The minimum atomic E-state index is 0. The van der Waals surface area contributed by atoms with Crippen molar-refractivity contribution < 1.29 is 46.5 Å². The van der Waals surface area contributed by atoms with Crippen LogP contribution in [-0.4, -0.2) is 0 Å². The minimum Gasteiger partial charge on any atom is -1.00 e. The molecular weight excluding hydrogens is 450 g/mol. The third-order valence-corrected chi connectivity index (χ3v) is 6.66. The van der Waals surface area contributed by atoms with Crippen molar-refractivity contribution in [2.24, 2.45) is 5.92 Å². The number of halogens is 2. The second-order valence-corrected chi connectivity index (χ2v) is 8.49. The number of fused-ring (bicyclic) bond motifs is 2. The molecule has 5 rings (SSSR count). The molecule has 0 N–H and O–H groups in total. The Morgan fingerprint density at radius 3 is 2.52 bits per heavy atom. The Bertz CT molecular complexity index is 925. The molecule has 1 fully saturated rings. The molecule has 0 nitrogen and oxygen atoms in total. The Morgan fingerprint density at radius 1 is 1.00 bits per heavy atom. The molecule has 3 aromatic carbocycles. The fourth-order valence-electron chi connectivity index (χ4n) is 3.76. The van der Waals surface area contributed by atoms with E-state index in [0.29, 0.717) is 0 Å². The quantitative estimate of drug-likeness (QED) is 0.278. The molecule has 0 spiro atoms. The van der Waals surface area contributed by atoms with Crippen LogP contribution >= 0.6 is 8.58 Å². The van der Waals surface area contributed by atoms with Crippen molar-refractivity contribution in [3.05, 3.63) is 96.4 Å². The van der Waals surface area contributed by atoms with Crippen molar-refractivity contribution in [2.75, 3.05) is 0 Å². The molecule has 3 aromatic rings. The van der Waals surface area contributed by atoms with E-state index in [1.165, 1.54) is 46.2 Å². The third-order valence-electron chi connectivity index (χ3n) is 5.25. The van der Waals surface area contributed by atoms with Gasteiger partial charge in [0, 0.05) is 0 Å². The number of benzene rings is 2. The molecule has 29 heavy (non-hydrogen) atoms. The molecule has 0 saturated heterocycles. The van der Waals surface area contributed by atoms with Crippen LogP contribution in [-0.2, 0) is 21.7 Å². The smallest absolute Gasteiger partial charge is 1.00 e. The largest absolute Gasteiger partial charge is 4.00 e. The molecule has 0 amide bonds. The summed E-state index contributed by atoms with van der Waals surface area (Å²) in [6, 6.07) is 21.8. The molecule has 2 aliphatic rings. The maximum atomic E-state index is 2.37. The molecule has 4 heteroatoms. The van der Waals surface area contributed by atoms with Gasteiger partial charge in [0.1, 0.15) is 0 Å². The van der Waals surface area contributed by atoms with Crippen molar-refractivity contribution >= 4 is 30.0 Å². The second-order valence-electron chi connectivity index (χ2n) is 7.12. The summed E-state index contributed by atoms with van der Waals surface area (Å²) in [5, 5.41) is 5.58. The van der Waals surface area contributed by atoms with Crippen LogP contribution in [0.15, 0.2) is 84.5 Å². The SMILES string of the molecule is C1=CCC2CC[CH-]C2=C1.Cc1ccccc1Pc1cc2ccccc2[cH-]1.[Cl-].[Cl-].[Ti+4]. The van der Waals surface area contributed by atoms with Gasteiger partial charge in [-0.25, -0.2) is 18.1 Å². The summed E-state index contributed by atoms with van der Waals surface area (Å²) in [6.45, 7) is 2.19. The van der Waals surface area contributed by atoms with Crippen molar-refractivity contribution in [1.82, 2.24) is 0 Å². The number of aryl methyl sites for hydroxylation is 1. The van der Waals surface area contributed by atoms with Gasteiger partial charge in [0.2, 0.25) is 0 Å². The normalized spacial score (nSPS) is 16.4. The predicted octanol–water partition coefficient (Wildman–Crippen LogP) is -0.0111. The summed E-state index contributed by atoms with van der Waals surface area (Å²) in [6.07, 6.45) is 13.0. The van der Waals surface area contributed by atoms with Gasteiger partial charge >= 0.3 is 21.7 Å². The second kappa shape index (κ2) is 12.7. The van der Waals surface area contributed by atoms with E-state index < -0.39 is 0 Å². The Kier molecular flexibility index (Phi) is 11.5. The monoisotopic (exact) mass is 474 g/mol. The molecule has 0 heterocycles. The number of hydrogen-bond acceptors (Lipinski definition) is 0.